The van der Waals surface area contributed by atoms with Gasteiger partial charge in [-0.25, -0.2) is 10.8 Å². The number of nitrogen functional groups attached to an aromatic ring is 1. The predicted octanol–water partition coefficient (Wildman–Crippen LogP) is 3.34. The van der Waals surface area contributed by atoms with Crippen LogP contribution in [-0.2, 0) is 0 Å². The molecule has 0 aliphatic rings. The van der Waals surface area contributed by atoms with Crippen LogP contribution in [0.4, 0.5) is 11.5 Å². The molecule has 1 heterocycles. The van der Waals surface area contributed by atoms with E-state index in [0.717, 1.165) is 5.56 Å². The highest BCUT2D eigenvalue weighted by Gasteiger charge is 2.14. The van der Waals surface area contributed by atoms with E-state index < -0.39 is 0 Å². The molecule has 0 bridgehead atoms. The van der Waals surface area contributed by atoms with Crippen molar-refractivity contribution < 1.29 is 4.79 Å². The minimum absolute atomic E-state index is 0.297. The van der Waals surface area contributed by atoms with Crippen LogP contribution in [0.15, 0.2) is 34.9 Å². The number of pyridine rings is 1. The first-order valence-corrected chi connectivity index (χ1v) is 6.88. The SMILES string of the molecule is Cc1ccc(Cl)cc1NC(=O)c1cc(Br)cnc1NN. The number of hydrazine groups is 1. The average Bonchev–Trinajstić information content (AvgIpc) is 2.42. The first-order valence-electron chi connectivity index (χ1n) is 5.71. The van der Waals surface area contributed by atoms with E-state index in [1.54, 1.807) is 24.4 Å². The Morgan fingerprint density at radius 2 is 2.15 bits per heavy atom. The third kappa shape index (κ3) is 3.27. The van der Waals surface area contributed by atoms with Crippen molar-refractivity contribution in [3.63, 3.8) is 0 Å². The predicted molar refractivity (Wildman–Crippen MR) is 83.9 cm³/mol. The number of nitrogens with one attached hydrogen (secondary N) is 2. The topological polar surface area (TPSA) is 80.0 Å². The summed E-state index contributed by atoms with van der Waals surface area (Å²) in [4.78, 5) is 16.3. The molecule has 0 aliphatic carbocycles. The van der Waals surface area contributed by atoms with E-state index in [4.69, 9.17) is 17.4 Å². The number of hydrogen-bond acceptors (Lipinski definition) is 4. The lowest BCUT2D eigenvalue weighted by molar-refractivity contribution is 0.102. The van der Waals surface area contributed by atoms with Crippen LogP contribution in [0.3, 0.4) is 0 Å². The van der Waals surface area contributed by atoms with Crippen LogP contribution < -0.4 is 16.6 Å². The maximum atomic E-state index is 12.3. The van der Waals surface area contributed by atoms with Crippen molar-refractivity contribution >= 4 is 44.9 Å². The number of aryl methyl sites for hydroxylation is 1. The zero-order chi connectivity index (χ0) is 14.7. The van der Waals surface area contributed by atoms with Crippen molar-refractivity contribution in [2.75, 3.05) is 10.7 Å². The number of hydrogen-bond donors (Lipinski definition) is 3. The summed E-state index contributed by atoms with van der Waals surface area (Å²) in [5.41, 5.74) is 4.29. The van der Waals surface area contributed by atoms with Gasteiger partial charge in [0.15, 0.2) is 5.82 Å². The second kappa shape index (κ2) is 6.21. The van der Waals surface area contributed by atoms with Crippen molar-refractivity contribution in [1.82, 2.24) is 4.98 Å². The highest BCUT2D eigenvalue weighted by molar-refractivity contribution is 9.10. The molecule has 104 valence electrons. The fourth-order valence-corrected chi connectivity index (χ4v) is 2.15. The number of nitrogens with zero attached hydrogens (tertiary/aromatic N) is 1. The van der Waals surface area contributed by atoms with Crippen LogP contribution in [0.2, 0.25) is 5.02 Å². The molecule has 1 aromatic carbocycles. The van der Waals surface area contributed by atoms with E-state index in [-0.39, 0.29) is 5.91 Å². The van der Waals surface area contributed by atoms with Gasteiger partial charge in [-0.2, -0.15) is 0 Å². The fourth-order valence-electron chi connectivity index (χ4n) is 1.65. The third-order valence-electron chi connectivity index (χ3n) is 2.68. The minimum atomic E-state index is -0.322. The molecule has 0 atom stereocenters. The Morgan fingerprint density at radius 1 is 1.40 bits per heavy atom. The van der Waals surface area contributed by atoms with Gasteiger partial charge in [-0.1, -0.05) is 17.7 Å². The molecule has 4 N–H and O–H groups in total. The molecule has 2 aromatic rings. The molecule has 0 saturated heterocycles. The van der Waals surface area contributed by atoms with Gasteiger partial charge in [-0.05, 0) is 46.6 Å². The van der Waals surface area contributed by atoms with Crippen LogP contribution >= 0.6 is 27.5 Å². The van der Waals surface area contributed by atoms with Crippen molar-refractivity contribution in [3.8, 4) is 0 Å². The summed E-state index contributed by atoms with van der Waals surface area (Å²) in [6.07, 6.45) is 1.55. The number of anilines is 2. The fraction of sp³-hybridized carbons (Fsp3) is 0.0769. The summed E-state index contributed by atoms with van der Waals surface area (Å²) in [5.74, 6) is 5.33. The van der Waals surface area contributed by atoms with E-state index in [1.807, 2.05) is 13.0 Å². The highest BCUT2D eigenvalue weighted by Crippen LogP contribution is 2.23. The molecule has 7 heteroatoms. The molecule has 1 aromatic heterocycles. The summed E-state index contributed by atoms with van der Waals surface area (Å²) < 4.78 is 0.685. The second-order valence-corrected chi connectivity index (χ2v) is 5.46. The van der Waals surface area contributed by atoms with Gasteiger partial charge in [0.2, 0.25) is 0 Å². The summed E-state index contributed by atoms with van der Waals surface area (Å²) >= 11 is 9.20. The van der Waals surface area contributed by atoms with Crippen LogP contribution in [-0.4, -0.2) is 10.9 Å². The lowest BCUT2D eigenvalue weighted by Gasteiger charge is -2.11. The maximum Gasteiger partial charge on any atom is 0.259 e. The number of rotatable bonds is 3. The number of amides is 1. The smallest absolute Gasteiger partial charge is 0.259 e. The number of benzene rings is 1. The molecule has 0 radical (unpaired) electrons. The number of nitrogens with two attached hydrogens (primary N) is 1. The van der Waals surface area contributed by atoms with Crippen molar-refractivity contribution in [2.45, 2.75) is 6.92 Å². The Hall–Kier alpha value is -1.63. The first-order chi connectivity index (χ1) is 9.51. The highest BCUT2D eigenvalue weighted by atomic mass is 79.9. The van der Waals surface area contributed by atoms with E-state index in [0.29, 0.717) is 26.6 Å². The van der Waals surface area contributed by atoms with Crippen LogP contribution in [0.1, 0.15) is 15.9 Å². The number of carbonyl (C=O) groups is 1. The van der Waals surface area contributed by atoms with Crippen LogP contribution in [0.25, 0.3) is 0 Å². The standard InChI is InChI=1S/C13H12BrClN4O/c1-7-2-3-9(15)5-11(7)18-13(20)10-4-8(14)6-17-12(10)19-16/h2-6H,16H2,1H3,(H,17,19)(H,18,20). The monoisotopic (exact) mass is 354 g/mol. The van der Waals surface area contributed by atoms with Crippen LogP contribution in [0.5, 0.6) is 0 Å². The third-order valence-corrected chi connectivity index (χ3v) is 3.35. The Labute approximate surface area is 129 Å². The Morgan fingerprint density at radius 3 is 2.85 bits per heavy atom. The molecule has 0 saturated carbocycles. The van der Waals surface area contributed by atoms with Crippen LogP contribution in [0, 0.1) is 6.92 Å². The van der Waals surface area contributed by atoms with Gasteiger partial charge in [-0.3, -0.25) is 4.79 Å². The van der Waals surface area contributed by atoms with Gasteiger partial charge < -0.3 is 10.7 Å². The van der Waals surface area contributed by atoms with Crippen molar-refractivity contribution in [2.24, 2.45) is 5.84 Å². The number of aromatic nitrogens is 1. The summed E-state index contributed by atoms with van der Waals surface area (Å²) in [6, 6.07) is 6.92. The summed E-state index contributed by atoms with van der Waals surface area (Å²) in [7, 11) is 0. The molecular formula is C13H12BrClN4O. The zero-order valence-corrected chi connectivity index (χ0v) is 12.9. The molecule has 5 nitrogen and oxygen atoms in total. The van der Waals surface area contributed by atoms with E-state index in [9.17, 15) is 4.79 Å². The molecule has 0 spiro atoms. The van der Waals surface area contributed by atoms with Gasteiger partial charge in [0.05, 0.1) is 5.56 Å². The Bertz CT molecular complexity index is 663. The quantitative estimate of drug-likeness (QED) is 0.583. The molecule has 0 aliphatic heterocycles. The Kier molecular flexibility index (Phi) is 4.59. The van der Waals surface area contributed by atoms with Crippen molar-refractivity contribution in [3.05, 3.63) is 51.1 Å². The average molecular weight is 356 g/mol. The number of carbonyl (C=O) groups excluding carboxylic acids is 1. The largest absolute Gasteiger partial charge is 0.322 e. The van der Waals surface area contributed by atoms with Crippen molar-refractivity contribution in [1.29, 1.82) is 0 Å². The number of halogens is 2. The zero-order valence-electron chi connectivity index (χ0n) is 10.6. The molecule has 0 fully saturated rings. The summed E-state index contributed by atoms with van der Waals surface area (Å²) in [5, 5.41) is 3.34. The lowest BCUT2D eigenvalue weighted by atomic mass is 10.2. The molecule has 2 rings (SSSR count). The first kappa shape index (κ1) is 14.8. The molecular weight excluding hydrogens is 344 g/mol. The van der Waals surface area contributed by atoms with Gasteiger partial charge in [0.25, 0.3) is 5.91 Å². The van der Waals surface area contributed by atoms with Gasteiger partial charge in [-0.15, -0.1) is 0 Å². The molecule has 0 unspecified atom stereocenters. The minimum Gasteiger partial charge on any atom is -0.322 e. The second-order valence-electron chi connectivity index (χ2n) is 4.11. The Balaban J connectivity index is 2.32. The van der Waals surface area contributed by atoms with E-state index in [1.165, 1.54) is 0 Å². The van der Waals surface area contributed by atoms with E-state index in [2.05, 4.69) is 31.7 Å². The van der Waals surface area contributed by atoms with E-state index >= 15 is 0 Å². The summed E-state index contributed by atoms with van der Waals surface area (Å²) in [6.45, 7) is 1.88. The maximum absolute atomic E-state index is 12.3. The lowest BCUT2D eigenvalue weighted by Crippen LogP contribution is -2.18. The van der Waals surface area contributed by atoms with Gasteiger partial charge in [0.1, 0.15) is 0 Å². The molecule has 1 amide bonds. The van der Waals surface area contributed by atoms with Gasteiger partial charge in [0, 0.05) is 21.4 Å². The normalized spacial score (nSPS) is 10.2. The van der Waals surface area contributed by atoms with Gasteiger partial charge >= 0.3 is 0 Å². The molecule has 20 heavy (non-hydrogen) atoms.